The van der Waals surface area contributed by atoms with E-state index in [0.717, 1.165) is 70.7 Å². The number of anilines is 1. The minimum atomic E-state index is -0.205. The predicted octanol–water partition coefficient (Wildman–Crippen LogP) is 5.56. The number of ether oxygens (including phenoxy) is 1. The van der Waals surface area contributed by atoms with E-state index in [4.69, 9.17) is 9.72 Å². The van der Waals surface area contributed by atoms with Crippen molar-refractivity contribution in [2.24, 2.45) is 4.99 Å². The fourth-order valence-corrected chi connectivity index (χ4v) is 6.29. The zero-order valence-electron chi connectivity index (χ0n) is 21.3. The maximum absolute atomic E-state index is 13.4. The van der Waals surface area contributed by atoms with Gasteiger partial charge in [-0.1, -0.05) is 31.0 Å². The standard InChI is InChI=1S/C31H31N5O2/c37-31(27-8-3-5-22(34-27)19-36-13-14-38-30-10-2-1-9-29(30)36)35-28-16-20(15-21-17-32-18-25(21)28)23-6-4-7-26-24(23)11-12-33-26/h3-8,11-12,15-16,18,29-30,33H,1-2,9-10,13-14,17,19H2,(H,35,37). The van der Waals surface area contributed by atoms with Gasteiger partial charge in [-0.05, 0) is 65.9 Å². The molecule has 3 aliphatic rings. The molecule has 2 N–H and O–H groups in total. The monoisotopic (exact) mass is 505 g/mol. The summed E-state index contributed by atoms with van der Waals surface area (Å²) in [6, 6.07) is 18.8. The zero-order chi connectivity index (χ0) is 25.5. The second-order valence-electron chi connectivity index (χ2n) is 10.5. The number of rotatable bonds is 5. The molecule has 0 bridgehead atoms. The minimum Gasteiger partial charge on any atom is -0.375 e. The zero-order valence-corrected chi connectivity index (χ0v) is 21.3. The van der Waals surface area contributed by atoms with Gasteiger partial charge in [0.1, 0.15) is 5.69 Å². The first-order valence-electron chi connectivity index (χ1n) is 13.6. The molecule has 0 spiro atoms. The first kappa shape index (κ1) is 23.3. The van der Waals surface area contributed by atoms with Gasteiger partial charge in [-0.3, -0.25) is 14.7 Å². The number of amides is 1. The molecule has 7 rings (SSSR count). The summed E-state index contributed by atoms with van der Waals surface area (Å²) in [7, 11) is 0. The topological polar surface area (TPSA) is 82.6 Å². The van der Waals surface area contributed by atoms with Gasteiger partial charge in [-0.25, -0.2) is 4.98 Å². The van der Waals surface area contributed by atoms with E-state index in [1.165, 1.54) is 19.3 Å². The number of nitrogens with zero attached hydrogens (tertiary/aromatic N) is 3. The Labute approximate surface area is 221 Å². The summed E-state index contributed by atoms with van der Waals surface area (Å²) in [6.07, 6.45) is 8.96. The first-order chi connectivity index (χ1) is 18.7. The molecule has 7 nitrogen and oxygen atoms in total. The minimum absolute atomic E-state index is 0.205. The van der Waals surface area contributed by atoms with Crippen molar-refractivity contribution in [1.29, 1.82) is 0 Å². The Morgan fingerprint density at radius 1 is 1.11 bits per heavy atom. The number of nitrogens with one attached hydrogen (secondary N) is 2. The molecular weight excluding hydrogens is 474 g/mol. The van der Waals surface area contributed by atoms with Crippen LogP contribution in [-0.2, 0) is 17.8 Å². The summed E-state index contributed by atoms with van der Waals surface area (Å²) in [4.78, 5) is 28.5. The molecule has 2 aromatic heterocycles. The van der Waals surface area contributed by atoms with Gasteiger partial charge in [0.15, 0.2) is 0 Å². The lowest BCUT2D eigenvalue weighted by Gasteiger charge is -2.43. The van der Waals surface area contributed by atoms with E-state index in [-0.39, 0.29) is 5.91 Å². The SMILES string of the molecule is O=C(Nc1cc(-c2cccc3[nH]ccc23)cc2c1C=NC2)c1cccc(CN2CCOC3CCCCC32)n1. The Balaban J connectivity index is 1.15. The molecular formula is C31H31N5O2. The van der Waals surface area contributed by atoms with Crippen LogP contribution in [0.5, 0.6) is 0 Å². The summed E-state index contributed by atoms with van der Waals surface area (Å²) >= 11 is 0. The van der Waals surface area contributed by atoms with Crippen LogP contribution in [0, 0.1) is 0 Å². The molecule has 4 heterocycles. The number of aromatic nitrogens is 2. The number of hydrogen-bond acceptors (Lipinski definition) is 5. The van der Waals surface area contributed by atoms with Gasteiger partial charge in [-0.15, -0.1) is 0 Å². The Morgan fingerprint density at radius 3 is 3.00 bits per heavy atom. The molecule has 0 radical (unpaired) electrons. The van der Waals surface area contributed by atoms with Crippen molar-refractivity contribution in [2.45, 2.75) is 50.9 Å². The Morgan fingerprint density at radius 2 is 2.03 bits per heavy atom. The molecule has 1 amide bonds. The van der Waals surface area contributed by atoms with Crippen molar-refractivity contribution in [1.82, 2.24) is 14.9 Å². The van der Waals surface area contributed by atoms with Crippen LogP contribution in [0.25, 0.3) is 22.0 Å². The van der Waals surface area contributed by atoms with Gasteiger partial charge in [0, 0.05) is 48.0 Å². The van der Waals surface area contributed by atoms with E-state index in [9.17, 15) is 4.79 Å². The van der Waals surface area contributed by atoms with Crippen LogP contribution < -0.4 is 5.32 Å². The van der Waals surface area contributed by atoms with Crippen molar-refractivity contribution in [3.8, 4) is 11.1 Å². The van der Waals surface area contributed by atoms with Gasteiger partial charge in [-0.2, -0.15) is 0 Å². The second-order valence-corrected chi connectivity index (χ2v) is 10.5. The summed E-state index contributed by atoms with van der Waals surface area (Å²) in [6.45, 7) is 3.03. The molecule has 2 fully saturated rings. The number of hydrogen-bond donors (Lipinski definition) is 2. The van der Waals surface area contributed by atoms with E-state index in [2.05, 4.69) is 56.6 Å². The highest BCUT2D eigenvalue weighted by Crippen LogP contribution is 2.35. The number of H-pyrrole nitrogens is 1. The average Bonchev–Trinajstić information content (AvgIpc) is 3.63. The lowest BCUT2D eigenvalue weighted by molar-refractivity contribution is -0.0914. The Hall–Kier alpha value is -3.81. The maximum Gasteiger partial charge on any atom is 0.274 e. The fourth-order valence-electron chi connectivity index (χ4n) is 6.29. The maximum atomic E-state index is 13.4. The predicted molar refractivity (Wildman–Crippen MR) is 150 cm³/mol. The Bertz CT molecular complexity index is 1540. The van der Waals surface area contributed by atoms with Crippen LogP contribution in [0.4, 0.5) is 5.69 Å². The molecule has 2 aromatic carbocycles. The normalized spacial score (nSPS) is 20.8. The van der Waals surface area contributed by atoms with Gasteiger partial charge in [0.2, 0.25) is 0 Å². The molecule has 38 heavy (non-hydrogen) atoms. The summed E-state index contributed by atoms with van der Waals surface area (Å²) in [5, 5.41) is 4.31. The van der Waals surface area contributed by atoms with Crippen LogP contribution in [-0.4, -0.2) is 52.3 Å². The van der Waals surface area contributed by atoms with Crippen LogP contribution in [0.15, 0.2) is 65.8 Å². The quantitative estimate of drug-likeness (QED) is 0.372. The van der Waals surface area contributed by atoms with Crippen LogP contribution in [0.1, 0.15) is 53.0 Å². The van der Waals surface area contributed by atoms with Crippen molar-refractivity contribution < 1.29 is 9.53 Å². The van der Waals surface area contributed by atoms with Gasteiger partial charge < -0.3 is 15.0 Å². The molecule has 1 saturated heterocycles. The average molecular weight is 506 g/mol. The first-order valence-corrected chi connectivity index (χ1v) is 13.6. The largest absolute Gasteiger partial charge is 0.375 e. The smallest absolute Gasteiger partial charge is 0.274 e. The van der Waals surface area contributed by atoms with Crippen LogP contribution in [0.3, 0.4) is 0 Å². The molecule has 2 atom stereocenters. The van der Waals surface area contributed by atoms with Crippen molar-refractivity contribution in [3.05, 3.63) is 83.3 Å². The van der Waals surface area contributed by atoms with E-state index in [0.29, 0.717) is 24.4 Å². The fraction of sp³-hybridized carbons (Fsp3) is 0.323. The number of pyridine rings is 1. The number of morpholine rings is 1. The summed E-state index contributed by atoms with van der Waals surface area (Å²) < 4.78 is 6.04. The lowest BCUT2D eigenvalue weighted by Crippen LogP contribution is -2.52. The molecule has 192 valence electrons. The third-order valence-electron chi connectivity index (χ3n) is 8.15. The van der Waals surface area contributed by atoms with E-state index < -0.39 is 0 Å². The van der Waals surface area contributed by atoms with Crippen LogP contribution in [0.2, 0.25) is 0 Å². The highest BCUT2D eigenvalue weighted by atomic mass is 16.5. The van der Waals surface area contributed by atoms with Gasteiger partial charge >= 0.3 is 0 Å². The number of fused-ring (bicyclic) bond motifs is 3. The number of carbonyl (C=O) groups is 1. The molecule has 2 unspecified atom stereocenters. The van der Waals surface area contributed by atoms with E-state index in [1.807, 2.05) is 24.5 Å². The third-order valence-corrected chi connectivity index (χ3v) is 8.15. The Kier molecular flexibility index (Phi) is 6.02. The highest BCUT2D eigenvalue weighted by molar-refractivity contribution is 6.07. The van der Waals surface area contributed by atoms with Gasteiger partial charge in [0.25, 0.3) is 5.91 Å². The molecule has 2 aliphatic heterocycles. The molecule has 4 aromatic rings. The van der Waals surface area contributed by atoms with Crippen molar-refractivity contribution in [3.63, 3.8) is 0 Å². The van der Waals surface area contributed by atoms with Gasteiger partial charge in [0.05, 0.1) is 30.6 Å². The number of carbonyl (C=O) groups excluding carboxylic acids is 1. The lowest BCUT2D eigenvalue weighted by atomic mass is 9.90. The van der Waals surface area contributed by atoms with E-state index in [1.54, 1.807) is 6.07 Å². The second kappa shape index (κ2) is 9.82. The third kappa shape index (κ3) is 4.31. The summed E-state index contributed by atoms with van der Waals surface area (Å²) in [5.41, 5.74) is 7.47. The number of benzene rings is 2. The van der Waals surface area contributed by atoms with Crippen molar-refractivity contribution in [2.75, 3.05) is 18.5 Å². The molecule has 1 aliphatic carbocycles. The molecule has 1 saturated carbocycles. The summed E-state index contributed by atoms with van der Waals surface area (Å²) in [5.74, 6) is -0.205. The number of aliphatic imine (C=N–C) groups is 1. The van der Waals surface area contributed by atoms with Crippen molar-refractivity contribution >= 4 is 28.7 Å². The van der Waals surface area contributed by atoms with Crippen LogP contribution >= 0.6 is 0 Å². The number of aromatic amines is 1. The van der Waals surface area contributed by atoms with E-state index >= 15 is 0 Å². The molecule has 7 heteroatoms. The highest BCUT2D eigenvalue weighted by Gasteiger charge is 2.34.